The number of nitrogens with zero attached hydrogens (tertiary/aromatic N) is 2. The van der Waals surface area contributed by atoms with Gasteiger partial charge in [-0.05, 0) is 55.2 Å². The van der Waals surface area contributed by atoms with Crippen molar-refractivity contribution < 1.29 is 4.74 Å². The Labute approximate surface area is 176 Å². The number of hydrogen-bond acceptors (Lipinski definition) is 2. The second-order valence-electron chi connectivity index (χ2n) is 7.61. The summed E-state index contributed by atoms with van der Waals surface area (Å²) in [6.07, 6.45) is 8.33. The number of aromatic nitrogens is 3. The Morgan fingerprint density at radius 1 is 1.17 bits per heavy atom. The fourth-order valence-corrected chi connectivity index (χ4v) is 4.24. The lowest BCUT2D eigenvalue weighted by Gasteiger charge is -2.07. The predicted molar refractivity (Wildman–Crippen MR) is 121 cm³/mol. The number of rotatable bonds is 5. The average molecular weight is 422 g/mol. The normalized spacial score (nSPS) is 13.7. The Kier molecular flexibility index (Phi) is 4.69. The maximum absolute atomic E-state index is 6.59. The highest BCUT2D eigenvalue weighted by molar-refractivity contribution is 7.06. The number of H-pyrrole nitrogens is 1. The Morgan fingerprint density at radius 3 is 2.79 bits per heavy atom. The smallest absolute Gasteiger partial charge is 0.137 e. The predicted octanol–water partition coefficient (Wildman–Crippen LogP) is 6.45. The van der Waals surface area contributed by atoms with Gasteiger partial charge in [0, 0.05) is 52.2 Å². The van der Waals surface area contributed by atoms with Crippen molar-refractivity contribution >= 4 is 31.4 Å². The third-order valence-corrected chi connectivity index (χ3v) is 6.21. The highest BCUT2D eigenvalue weighted by Crippen LogP contribution is 2.35. The van der Waals surface area contributed by atoms with Crippen LogP contribution in [0.15, 0.2) is 55.0 Å². The van der Waals surface area contributed by atoms with Gasteiger partial charge >= 0.3 is 0 Å². The van der Waals surface area contributed by atoms with Crippen molar-refractivity contribution in [2.24, 2.45) is 5.92 Å². The minimum absolute atomic E-state index is 0.678. The first-order chi connectivity index (χ1) is 14.1. The molecule has 0 bridgehead atoms. The van der Waals surface area contributed by atoms with Gasteiger partial charge in [0.1, 0.15) is 5.75 Å². The highest BCUT2D eigenvalue weighted by atomic mass is 35.5. The third-order valence-electron chi connectivity index (χ3n) is 5.47. The van der Waals surface area contributed by atoms with E-state index in [0.717, 1.165) is 50.8 Å². The minimum Gasteiger partial charge on any atom is -0.495 e. The molecule has 0 unspecified atom stereocenters. The molecule has 0 aliphatic heterocycles. The van der Waals surface area contributed by atoms with Crippen molar-refractivity contribution in [1.82, 2.24) is 14.5 Å². The minimum atomic E-state index is 0.678. The maximum atomic E-state index is 6.59. The molecule has 0 radical (unpaired) electrons. The average Bonchev–Trinajstić information content (AvgIpc) is 3.45. The zero-order chi connectivity index (χ0) is 20.0. The number of benzene rings is 1. The summed E-state index contributed by atoms with van der Waals surface area (Å²) in [7, 11) is 5.41. The van der Waals surface area contributed by atoms with Gasteiger partial charge in [0.05, 0.1) is 23.4 Å². The summed E-state index contributed by atoms with van der Waals surface area (Å²) in [6.45, 7) is 1.08. The summed E-state index contributed by atoms with van der Waals surface area (Å²) < 4.78 is 7.57. The largest absolute Gasteiger partial charge is 0.495 e. The van der Waals surface area contributed by atoms with Crippen LogP contribution < -0.4 is 4.74 Å². The molecule has 3 aromatic heterocycles. The lowest BCUT2D eigenvalue weighted by atomic mass is 10.1. The molecule has 3 heterocycles. The Morgan fingerprint density at radius 2 is 2.03 bits per heavy atom. The summed E-state index contributed by atoms with van der Waals surface area (Å²) in [5, 5.41) is 2.87. The van der Waals surface area contributed by atoms with Crippen LogP contribution in [-0.2, 0) is 6.54 Å². The summed E-state index contributed by atoms with van der Waals surface area (Å²) in [5.41, 5.74) is 5.08. The quantitative estimate of drug-likeness (QED) is 0.376. The van der Waals surface area contributed by atoms with Gasteiger partial charge in [0.2, 0.25) is 0 Å². The van der Waals surface area contributed by atoms with Gasteiger partial charge in [0.25, 0.3) is 0 Å². The Hall–Kier alpha value is -2.55. The standard InChI is InChI=1S/C23H21ClN3OP/c1-28-18-6-17(11-25-12-18)19-7-16-8-21(26-22(16)10-20(19)24)15-4-5-27(23(29)9-15)13-14-2-3-14/h4-12,14,26,29H,2-3,13H2,1H3. The summed E-state index contributed by atoms with van der Waals surface area (Å²) in [6, 6.07) is 12.5. The molecule has 0 atom stereocenters. The SMILES string of the molecule is COc1cncc(-c2cc3cc(-c4ccn(CC5CC5)c(=P)c4)[nH]c3cc2Cl)c1. The van der Waals surface area contributed by atoms with Crippen molar-refractivity contribution in [2.45, 2.75) is 19.4 Å². The molecule has 29 heavy (non-hydrogen) atoms. The number of hydrogen-bond donors (Lipinski definition) is 1. The van der Waals surface area contributed by atoms with E-state index < -0.39 is 0 Å². The van der Waals surface area contributed by atoms with Crippen LogP contribution in [0, 0.1) is 11.0 Å². The molecule has 1 aromatic carbocycles. The second kappa shape index (κ2) is 7.37. The fourth-order valence-electron chi connectivity index (χ4n) is 3.64. The topological polar surface area (TPSA) is 42.8 Å². The summed E-state index contributed by atoms with van der Waals surface area (Å²) in [4.78, 5) is 7.75. The molecule has 1 saturated carbocycles. The van der Waals surface area contributed by atoms with E-state index in [-0.39, 0.29) is 0 Å². The summed E-state index contributed by atoms with van der Waals surface area (Å²) in [5.74, 6) is 1.54. The van der Waals surface area contributed by atoms with Crippen molar-refractivity contribution in [3.63, 3.8) is 0 Å². The van der Waals surface area contributed by atoms with E-state index in [9.17, 15) is 0 Å². The number of methoxy groups -OCH3 is 1. The molecule has 1 aliphatic rings. The monoisotopic (exact) mass is 421 g/mol. The lowest BCUT2D eigenvalue weighted by molar-refractivity contribution is 0.413. The molecule has 4 nitrogen and oxygen atoms in total. The first kappa shape index (κ1) is 18.5. The first-order valence-corrected chi connectivity index (χ1v) is 10.6. The molecule has 0 saturated heterocycles. The van der Waals surface area contributed by atoms with Crippen LogP contribution in [0.25, 0.3) is 33.3 Å². The van der Waals surface area contributed by atoms with Crippen molar-refractivity contribution in [3.05, 3.63) is 65.1 Å². The zero-order valence-electron chi connectivity index (χ0n) is 16.1. The molecule has 1 fully saturated rings. The Bertz CT molecular complexity index is 1270. The van der Waals surface area contributed by atoms with E-state index in [0.29, 0.717) is 10.8 Å². The van der Waals surface area contributed by atoms with Gasteiger partial charge in [-0.25, -0.2) is 0 Å². The first-order valence-electron chi connectivity index (χ1n) is 9.68. The van der Waals surface area contributed by atoms with Gasteiger partial charge in [0.15, 0.2) is 0 Å². The second-order valence-corrected chi connectivity index (χ2v) is 8.53. The van der Waals surface area contributed by atoms with Crippen LogP contribution in [-0.4, -0.2) is 21.6 Å². The van der Waals surface area contributed by atoms with Gasteiger partial charge in [-0.1, -0.05) is 20.5 Å². The molecule has 146 valence electrons. The molecule has 6 heteroatoms. The van der Waals surface area contributed by atoms with Gasteiger partial charge < -0.3 is 14.3 Å². The van der Waals surface area contributed by atoms with Crippen molar-refractivity contribution in [2.75, 3.05) is 7.11 Å². The Balaban J connectivity index is 1.53. The van der Waals surface area contributed by atoms with Gasteiger partial charge in [-0.15, -0.1) is 0 Å². The van der Waals surface area contributed by atoms with Crippen molar-refractivity contribution in [3.8, 4) is 28.1 Å². The van der Waals surface area contributed by atoms with E-state index in [1.54, 1.807) is 19.5 Å². The van der Waals surface area contributed by atoms with Crippen LogP contribution in [0.5, 0.6) is 5.75 Å². The molecular formula is C23H21ClN3OP. The van der Waals surface area contributed by atoms with E-state index >= 15 is 0 Å². The number of aromatic amines is 1. The molecule has 0 spiro atoms. The van der Waals surface area contributed by atoms with E-state index in [4.69, 9.17) is 16.3 Å². The zero-order valence-corrected chi connectivity index (χ0v) is 17.8. The summed E-state index contributed by atoms with van der Waals surface area (Å²) >= 11 is 6.59. The maximum Gasteiger partial charge on any atom is 0.137 e. The van der Waals surface area contributed by atoms with Crippen LogP contribution >= 0.6 is 20.5 Å². The third kappa shape index (κ3) is 3.71. The lowest BCUT2D eigenvalue weighted by Crippen LogP contribution is -2.01. The number of ether oxygens (including phenoxy) is 1. The number of fused-ring (bicyclic) bond motifs is 1. The van der Waals surface area contributed by atoms with E-state index in [1.165, 1.54) is 12.8 Å². The van der Waals surface area contributed by atoms with Gasteiger partial charge in [-0.2, -0.15) is 0 Å². The molecule has 1 aliphatic carbocycles. The van der Waals surface area contributed by atoms with Crippen LogP contribution in [0.2, 0.25) is 5.02 Å². The highest BCUT2D eigenvalue weighted by Gasteiger charge is 2.21. The molecular weight excluding hydrogens is 401 g/mol. The van der Waals surface area contributed by atoms with E-state index in [1.807, 2.05) is 12.1 Å². The van der Waals surface area contributed by atoms with Crippen LogP contribution in [0.3, 0.4) is 0 Å². The van der Waals surface area contributed by atoms with Crippen LogP contribution in [0.4, 0.5) is 0 Å². The van der Waals surface area contributed by atoms with Gasteiger partial charge in [-0.3, -0.25) is 4.98 Å². The molecule has 1 N–H and O–H groups in total. The molecule has 4 aromatic rings. The van der Waals surface area contributed by atoms with Crippen molar-refractivity contribution in [1.29, 1.82) is 0 Å². The number of nitrogens with one attached hydrogen (secondary N) is 1. The molecule has 5 rings (SSSR count). The molecule has 0 amide bonds. The number of halogens is 1. The van der Waals surface area contributed by atoms with Crippen LogP contribution in [0.1, 0.15) is 12.8 Å². The fraction of sp³-hybridized carbons (Fsp3) is 0.217. The number of pyridine rings is 2. The van der Waals surface area contributed by atoms with E-state index in [2.05, 4.69) is 53.9 Å².